The van der Waals surface area contributed by atoms with Crippen LogP contribution >= 0.6 is 0 Å². The van der Waals surface area contributed by atoms with E-state index >= 15 is 0 Å². The van der Waals surface area contributed by atoms with E-state index in [0.717, 1.165) is 23.8 Å². The molecule has 2 aromatic carbocycles. The van der Waals surface area contributed by atoms with Gasteiger partial charge in [0.05, 0.1) is 0 Å². The van der Waals surface area contributed by atoms with Crippen molar-refractivity contribution in [2.45, 2.75) is 18.7 Å². The molecule has 144 valence electrons. The number of rotatable bonds is 7. The van der Waals surface area contributed by atoms with Crippen LogP contribution in [0.25, 0.3) is 0 Å². The molecule has 1 N–H and O–H groups in total. The average molecular weight is 397 g/mol. The highest BCUT2D eigenvalue weighted by molar-refractivity contribution is 7.89. The molecule has 0 saturated carbocycles. The van der Waals surface area contributed by atoms with E-state index in [0.29, 0.717) is 11.1 Å². The molecule has 0 atom stereocenters. The summed E-state index contributed by atoms with van der Waals surface area (Å²) in [6, 6.07) is 7.79. The van der Waals surface area contributed by atoms with E-state index < -0.39 is 51.5 Å². The van der Waals surface area contributed by atoms with Gasteiger partial charge in [0.15, 0.2) is 11.5 Å². The summed E-state index contributed by atoms with van der Waals surface area (Å²) in [6.45, 7) is 2.07. The van der Waals surface area contributed by atoms with Crippen LogP contribution in [-0.2, 0) is 19.6 Å². The van der Waals surface area contributed by atoms with Gasteiger partial charge in [-0.25, -0.2) is 17.2 Å². The normalized spacial score (nSPS) is 11.3. The Kier molecular flexibility index (Phi) is 6.40. The lowest BCUT2D eigenvalue weighted by atomic mass is 10.0. The number of ketones is 1. The molecule has 0 unspecified atom stereocenters. The second kappa shape index (κ2) is 8.36. The average Bonchev–Trinajstić information content (AvgIpc) is 2.59. The highest BCUT2D eigenvalue weighted by Crippen LogP contribution is 2.17. The number of aryl methyl sites for hydroxylation is 2. The molecule has 0 aromatic heterocycles. The smallest absolute Gasteiger partial charge is 0.321 e. The molecule has 2 aromatic rings. The fourth-order valence-corrected chi connectivity index (χ4v) is 3.38. The number of benzene rings is 2. The lowest BCUT2D eigenvalue weighted by Gasteiger charge is -2.09. The Morgan fingerprint density at radius 3 is 2.33 bits per heavy atom. The molecule has 0 bridgehead atoms. The first kappa shape index (κ1) is 20.7. The Bertz CT molecular complexity index is 969. The van der Waals surface area contributed by atoms with Crippen molar-refractivity contribution in [1.29, 1.82) is 0 Å². The Morgan fingerprint density at radius 1 is 1.07 bits per heavy atom. The van der Waals surface area contributed by atoms with E-state index in [1.54, 1.807) is 30.7 Å². The quantitative estimate of drug-likeness (QED) is 0.572. The predicted molar refractivity (Wildman–Crippen MR) is 92.8 cm³/mol. The number of hydrogen-bond donors (Lipinski definition) is 1. The van der Waals surface area contributed by atoms with E-state index in [2.05, 4.69) is 0 Å². The van der Waals surface area contributed by atoms with Gasteiger partial charge in [0, 0.05) is 5.56 Å². The summed E-state index contributed by atoms with van der Waals surface area (Å²) in [6.07, 6.45) is 0. The number of carbonyl (C=O) groups is 2. The predicted octanol–water partition coefficient (Wildman–Crippen LogP) is 2.29. The Labute approximate surface area is 155 Å². The van der Waals surface area contributed by atoms with Gasteiger partial charge in [-0.1, -0.05) is 23.8 Å². The van der Waals surface area contributed by atoms with Crippen molar-refractivity contribution in [2.24, 2.45) is 0 Å². The largest absolute Gasteiger partial charge is 0.456 e. The molecule has 0 spiro atoms. The lowest BCUT2D eigenvalue weighted by Crippen LogP contribution is -2.32. The molecule has 9 heteroatoms. The third-order valence-corrected chi connectivity index (χ3v) is 5.10. The van der Waals surface area contributed by atoms with E-state index in [4.69, 9.17) is 4.74 Å². The summed E-state index contributed by atoms with van der Waals surface area (Å²) >= 11 is 0. The van der Waals surface area contributed by atoms with Crippen LogP contribution in [0.3, 0.4) is 0 Å². The third-order valence-electron chi connectivity index (χ3n) is 3.65. The van der Waals surface area contributed by atoms with Crippen molar-refractivity contribution in [3.05, 3.63) is 64.7 Å². The minimum Gasteiger partial charge on any atom is -0.456 e. The summed E-state index contributed by atoms with van der Waals surface area (Å²) in [5, 5.41) is 0. The maximum Gasteiger partial charge on any atom is 0.321 e. The summed E-state index contributed by atoms with van der Waals surface area (Å²) < 4.78 is 57.5. The van der Waals surface area contributed by atoms with E-state index in [1.807, 2.05) is 6.07 Å². The number of carbonyl (C=O) groups excluding carboxylic acids is 2. The zero-order valence-corrected chi connectivity index (χ0v) is 15.4. The van der Waals surface area contributed by atoms with Gasteiger partial charge in [-0.3, -0.25) is 9.59 Å². The van der Waals surface area contributed by atoms with Gasteiger partial charge in [-0.2, -0.15) is 4.72 Å². The molecular weight excluding hydrogens is 380 g/mol. The van der Waals surface area contributed by atoms with Crippen LogP contribution in [0.2, 0.25) is 0 Å². The number of esters is 1. The molecule has 0 aliphatic heterocycles. The van der Waals surface area contributed by atoms with Gasteiger partial charge >= 0.3 is 5.97 Å². The van der Waals surface area contributed by atoms with Gasteiger partial charge in [0.2, 0.25) is 15.8 Å². The SMILES string of the molecule is Cc1ccc(C)c(C(=O)COC(=O)CNS(=O)(=O)c2c(F)cccc2F)c1. The zero-order chi connectivity index (χ0) is 20.2. The van der Waals surface area contributed by atoms with Crippen LogP contribution in [0.4, 0.5) is 8.78 Å². The number of ether oxygens (including phenoxy) is 1. The first-order chi connectivity index (χ1) is 12.6. The van der Waals surface area contributed by atoms with Crippen molar-refractivity contribution in [2.75, 3.05) is 13.2 Å². The van der Waals surface area contributed by atoms with Gasteiger partial charge in [0.1, 0.15) is 18.2 Å². The van der Waals surface area contributed by atoms with Crippen LogP contribution in [-0.4, -0.2) is 33.3 Å². The van der Waals surface area contributed by atoms with Crippen molar-refractivity contribution in [3.63, 3.8) is 0 Å². The maximum atomic E-state index is 13.6. The van der Waals surface area contributed by atoms with Crippen molar-refractivity contribution in [1.82, 2.24) is 4.72 Å². The summed E-state index contributed by atoms with van der Waals surface area (Å²) in [4.78, 5) is 22.6. The summed E-state index contributed by atoms with van der Waals surface area (Å²) in [5.74, 6) is -4.09. The van der Waals surface area contributed by atoms with Gasteiger partial charge < -0.3 is 4.74 Å². The van der Waals surface area contributed by atoms with E-state index in [1.165, 1.54) is 0 Å². The number of sulfonamides is 1. The summed E-state index contributed by atoms with van der Waals surface area (Å²) in [5.41, 5.74) is 1.95. The van der Waals surface area contributed by atoms with Crippen LogP contribution < -0.4 is 4.72 Å². The van der Waals surface area contributed by atoms with Gasteiger partial charge in [0.25, 0.3) is 0 Å². The molecule has 6 nitrogen and oxygen atoms in total. The van der Waals surface area contributed by atoms with Crippen LogP contribution in [0, 0.1) is 25.5 Å². The number of Topliss-reactive ketones (excluding diaryl/α,β-unsaturated/α-hetero) is 1. The van der Waals surface area contributed by atoms with Crippen molar-refractivity contribution in [3.8, 4) is 0 Å². The first-order valence-electron chi connectivity index (χ1n) is 7.81. The molecule has 0 aliphatic carbocycles. The van der Waals surface area contributed by atoms with E-state index in [-0.39, 0.29) is 0 Å². The highest BCUT2D eigenvalue weighted by Gasteiger charge is 2.24. The van der Waals surface area contributed by atoms with E-state index in [9.17, 15) is 26.8 Å². The fourth-order valence-electron chi connectivity index (χ4n) is 2.28. The third kappa shape index (κ3) is 5.18. The number of halogens is 2. The molecular formula is C18H17F2NO5S. The topological polar surface area (TPSA) is 89.5 Å². The molecule has 0 aliphatic rings. The second-order valence-electron chi connectivity index (χ2n) is 5.78. The molecule has 27 heavy (non-hydrogen) atoms. The standard InChI is InChI=1S/C18H17F2NO5S/c1-11-6-7-12(2)13(8-11)16(22)10-26-17(23)9-21-27(24,25)18-14(19)4-3-5-15(18)20/h3-8,21H,9-10H2,1-2H3. The van der Waals surface area contributed by atoms with Crippen LogP contribution in [0.15, 0.2) is 41.3 Å². The minimum absolute atomic E-state index is 0.386. The molecule has 0 radical (unpaired) electrons. The molecule has 0 saturated heterocycles. The van der Waals surface area contributed by atoms with Gasteiger partial charge in [-0.15, -0.1) is 0 Å². The van der Waals surface area contributed by atoms with Crippen LogP contribution in [0.5, 0.6) is 0 Å². The molecule has 0 amide bonds. The zero-order valence-electron chi connectivity index (χ0n) is 14.6. The van der Waals surface area contributed by atoms with Gasteiger partial charge in [-0.05, 0) is 37.6 Å². The Hall–Kier alpha value is -2.65. The monoisotopic (exact) mass is 397 g/mol. The van der Waals surface area contributed by atoms with Crippen molar-refractivity contribution >= 4 is 21.8 Å². The fraction of sp³-hybridized carbons (Fsp3) is 0.222. The lowest BCUT2D eigenvalue weighted by molar-refractivity contribution is -0.141. The molecule has 0 fully saturated rings. The number of nitrogens with one attached hydrogen (secondary N) is 1. The second-order valence-corrected chi connectivity index (χ2v) is 7.48. The summed E-state index contributed by atoms with van der Waals surface area (Å²) in [7, 11) is -4.61. The maximum absolute atomic E-state index is 13.6. The Balaban J connectivity index is 1.96. The molecule has 2 rings (SSSR count). The first-order valence-corrected chi connectivity index (χ1v) is 9.30. The molecule has 0 heterocycles. The highest BCUT2D eigenvalue weighted by atomic mass is 32.2. The number of hydrogen-bond acceptors (Lipinski definition) is 5. The minimum atomic E-state index is -4.61. The Morgan fingerprint density at radius 2 is 1.70 bits per heavy atom. The van der Waals surface area contributed by atoms with Crippen LogP contribution in [0.1, 0.15) is 21.5 Å². The van der Waals surface area contributed by atoms with Crippen molar-refractivity contribution < 1.29 is 31.5 Å².